The van der Waals surface area contributed by atoms with Crippen molar-refractivity contribution in [2.45, 2.75) is 39.3 Å². The van der Waals surface area contributed by atoms with Crippen molar-refractivity contribution in [3.05, 3.63) is 35.4 Å². The molecular weight excluding hydrogens is 254 g/mol. The highest BCUT2D eigenvalue weighted by Gasteiger charge is 2.17. The second-order valence-electron chi connectivity index (χ2n) is 5.47. The molecular formula is C16H21NO3. The zero-order valence-electron chi connectivity index (χ0n) is 12.1. The van der Waals surface area contributed by atoms with E-state index in [1.165, 1.54) is 0 Å². The minimum Gasteiger partial charge on any atom is -0.459 e. The highest BCUT2D eigenvalue weighted by Crippen LogP contribution is 2.13. The molecule has 108 valence electrons. The summed E-state index contributed by atoms with van der Waals surface area (Å²) in [5.41, 5.74) is 1.67. The number of ether oxygens (including phenoxy) is 1. The van der Waals surface area contributed by atoms with Crippen LogP contribution in [0, 0.1) is 0 Å². The van der Waals surface area contributed by atoms with Crippen molar-refractivity contribution in [1.82, 2.24) is 4.90 Å². The molecule has 20 heavy (non-hydrogen) atoms. The number of esters is 1. The number of piperidine rings is 1. The first-order valence-electron chi connectivity index (χ1n) is 7.08. The molecule has 0 unspecified atom stereocenters. The van der Waals surface area contributed by atoms with Crippen LogP contribution >= 0.6 is 0 Å². The molecule has 0 bridgehead atoms. The SMILES string of the molecule is CC(C)OC(=O)c1cccc(CN2CCC(=O)CC2)c1. The summed E-state index contributed by atoms with van der Waals surface area (Å²) in [5.74, 6) is 0.0613. The van der Waals surface area contributed by atoms with Crippen molar-refractivity contribution in [1.29, 1.82) is 0 Å². The summed E-state index contributed by atoms with van der Waals surface area (Å²) < 4.78 is 5.20. The first-order chi connectivity index (χ1) is 9.54. The minimum atomic E-state index is -0.282. The fourth-order valence-corrected chi connectivity index (χ4v) is 2.30. The number of hydrogen-bond acceptors (Lipinski definition) is 4. The summed E-state index contributed by atoms with van der Waals surface area (Å²) in [6.45, 7) is 6.06. The van der Waals surface area contributed by atoms with Gasteiger partial charge in [0.15, 0.2) is 0 Å². The molecule has 0 amide bonds. The molecule has 0 radical (unpaired) electrons. The van der Waals surface area contributed by atoms with Crippen LogP contribution in [0.3, 0.4) is 0 Å². The van der Waals surface area contributed by atoms with Gasteiger partial charge in [-0.1, -0.05) is 12.1 Å². The van der Waals surface area contributed by atoms with Crippen molar-refractivity contribution < 1.29 is 14.3 Å². The molecule has 0 atom stereocenters. The molecule has 0 saturated carbocycles. The van der Waals surface area contributed by atoms with E-state index in [0.717, 1.165) is 25.2 Å². The summed E-state index contributed by atoms with van der Waals surface area (Å²) in [4.78, 5) is 25.3. The summed E-state index contributed by atoms with van der Waals surface area (Å²) in [6.07, 6.45) is 1.16. The maximum absolute atomic E-state index is 11.9. The van der Waals surface area contributed by atoms with Crippen molar-refractivity contribution in [2.24, 2.45) is 0 Å². The van der Waals surface area contributed by atoms with Crippen LogP contribution in [0.1, 0.15) is 42.6 Å². The van der Waals surface area contributed by atoms with Crippen LogP contribution in [0.5, 0.6) is 0 Å². The Morgan fingerprint density at radius 2 is 2.00 bits per heavy atom. The highest BCUT2D eigenvalue weighted by atomic mass is 16.5. The number of ketones is 1. The number of Topliss-reactive ketones (excluding diaryl/α,β-unsaturated/α-hetero) is 1. The lowest BCUT2D eigenvalue weighted by molar-refractivity contribution is -0.121. The molecule has 0 aromatic heterocycles. The normalized spacial score (nSPS) is 16.4. The maximum atomic E-state index is 11.9. The topological polar surface area (TPSA) is 46.6 Å². The van der Waals surface area contributed by atoms with E-state index < -0.39 is 0 Å². The summed E-state index contributed by atoms with van der Waals surface area (Å²) >= 11 is 0. The predicted octanol–water partition coefficient (Wildman–Crippen LogP) is 2.42. The molecule has 4 heteroatoms. The van der Waals surface area contributed by atoms with Crippen molar-refractivity contribution in [3.8, 4) is 0 Å². The van der Waals surface area contributed by atoms with Crippen molar-refractivity contribution in [2.75, 3.05) is 13.1 Å². The second-order valence-corrected chi connectivity index (χ2v) is 5.47. The van der Waals surface area contributed by atoms with Gasteiger partial charge in [0.25, 0.3) is 0 Å². The molecule has 0 spiro atoms. The van der Waals surface area contributed by atoms with E-state index in [0.29, 0.717) is 24.2 Å². The van der Waals surface area contributed by atoms with E-state index in [9.17, 15) is 9.59 Å². The lowest BCUT2D eigenvalue weighted by Crippen LogP contribution is -2.33. The third-order valence-corrected chi connectivity index (χ3v) is 3.33. The Kier molecular flexibility index (Phi) is 4.90. The van der Waals surface area contributed by atoms with Gasteiger partial charge in [-0.05, 0) is 31.5 Å². The van der Waals surface area contributed by atoms with Crippen LogP contribution in [0.25, 0.3) is 0 Å². The lowest BCUT2D eigenvalue weighted by Gasteiger charge is -2.25. The van der Waals surface area contributed by atoms with Crippen LogP contribution < -0.4 is 0 Å². The number of likely N-dealkylation sites (tertiary alicyclic amines) is 1. The van der Waals surface area contributed by atoms with Gasteiger partial charge in [0.05, 0.1) is 11.7 Å². The van der Waals surface area contributed by atoms with Crippen molar-refractivity contribution in [3.63, 3.8) is 0 Å². The Hall–Kier alpha value is -1.68. The third kappa shape index (κ3) is 4.17. The molecule has 1 aliphatic rings. The summed E-state index contributed by atoms with van der Waals surface area (Å²) in [6, 6.07) is 7.53. The average Bonchev–Trinajstić information content (AvgIpc) is 2.41. The molecule has 1 saturated heterocycles. The van der Waals surface area contributed by atoms with E-state index in [1.54, 1.807) is 6.07 Å². The number of carbonyl (C=O) groups excluding carboxylic acids is 2. The van der Waals surface area contributed by atoms with Crippen LogP contribution in [0.15, 0.2) is 24.3 Å². The Morgan fingerprint density at radius 1 is 1.30 bits per heavy atom. The Labute approximate surface area is 119 Å². The van der Waals surface area contributed by atoms with Gasteiger partial charge in [0, 0.05) is 32.5 Å². The van der Waals surface area contributed by atoms with E-state index >= 15 is 0 Å². The molecule has 0 N–H and O–H groups in total. The third-order valence-electron chi connectivity index (χ3n) is 3.33. The standard InChI is InChI=1S/C16H21NO3/c1-12(2)20-16(19)14-5-3-4-13(10-14)11-17-8-6-15(18)7-9-17/h3-5,10,12H,6-9,11H2,1-2H3. The lowest BCUT2D eigenvalue weighted by atomic mass is 10.1. The second kappa shape index (κ2) is 6.66. The summed E-state index contributed by atoms with van der Waals surface area (Å²) in [5, 5.41) is 0. The van der Waals surface area contributed by atoms with Gasteiger partial charge >= 0.3 is 5.97 Å². The molecule has 4 nitrogen and oxygen atoms in total. The van der Waals surface area contributed by atoms with E-state index in [2.05, 4.69) is 4.90 Å². The van der Waals surface area contributed by atoms with Crippen LogP contribution in [0.4, 0.5) is 0 Å². The Bertz CT molecular complexity index is 486. The van der Waals surface area contributed by atoms with E-state index in [1.807, 2.05) is 32.0 Å². The molecule has 1 aliphatic heterocycles. The zero-order chi connectivity index (χ0) is 14.5. The van der Waals surface area contributed by atoms with Gasteiger partial charge in [-0.3, -0.25) is 9.69 Å². The Morgan fingerprint density at radius 3 is 2.65 bits per heavy atom. The predicted molar refractivity (Wildman–Crippen MR) is 76.5 cm³/mol. The summed E-state index contributed by atoms with van der Waals surface area (Å²) in [7, 11) is 0. The van der Waals surface area contributed by atoms with Crippen molar-refractivity contribution >= 4 is 11.8 Å². The minimum absolute atomic E-state index is 0.112. The number of nitrogens with zero attached hydrogens (tertiary/aromatic N) is 1. The number of rotatable bonds is 4. The molecule has 1 aromatic rings. The molecule has 1 fully saturated rings. The van der Waals surface area contributed by atoms with Gasteiger partial charge in [-0.25, -0.2) is 4.79 Å². The van der Waals surface area contributed by atoms with Crippen LogP contribution in [-0.2, 0) is 16.1 Å². The average molecular weight is 275 g/mol. The van der Waals surface area contributed by atoms with E-state index in [-0.39, 0.29) is 12.1 Å². The van der Waals surface area contributed by atoms with Gasteiger partial charge in [0.1, 0.15) is 5.78 Å². The number of benzene rings is 1. The zero-order valence-corrected chi connectivity index (χ0v) is 12.1. The quantitative estimate of drug-likeness (QED) is 0.792. The maximum Gasteiger partial charge on any atom is 0.338 e. The van der Waals surface area contributed by atoms with Gasteiger partial charge in [-0.2, -0.15) is 0 Å². The smallest absolute Gasteiger partial charge is 0.338 e. The number of carbonyl (C=O) groups is 2. The largest absolute Gasteiger partial charge is 0.459 e. The van der Waals surface area contributed by atoms with Crippen LogP contribution in [-0.4, -0.2) is 35.8 Å². The number of hydrogen-bond donors (Lipinski definition) is 0. The molecule has 0 aliphatic carbocycles. The van der Waals surface area contributed by atoms with Crippen LogP contribution in [0.2, 0.25) is 0 Å². The highest BCUT2D eigenvalue weighted by molar-refractivity contribution is 5.89. The fourth-order valence-electron chi connectivity index (χ4n) is 2.30. The van der Waals surface area contributed by atoms with E-state index in [4.69, 9.17) is 4.74 Å². The van der Waals surface area contributed by atoms with Gasteiger partial charge in [0.2, 0.25) is 0 Å². The van der Waals surface area contributed by atoms with Gasteiger partial charge in [-0.15, -0.1) is 0 Å². The first-order valence-corrected chi connectivity index (χ1v) is 7.08. The fraction of sp³-hybridized carbons (Fsp3) is 0.500. The monoisotopic (exact) mass is 275 g/mol. The Balaban J connectivity index is 1.99. The molecule has 2 rings (SSSR count). The molecule has 1 heterocycles. The van der Waals surface area contributed by atoms with Gasteiger partial charge < -0.3 is 4.74 Å². The first kappa shape index (κ1) is 14.7. The molecule has 1 aromatic carbocycles.